The number of benzene rings is 1. The molecule has 12 heavy (non-hydrogen) atoms. The molecule has 0 bridgehead atoms. The van der Waals surface area contributed by atoms with Crippen molar-refractivity contribution in [3.8, 4) is 0 Å². The molecule has 1 aliphatic carbocycles. The van der Waals surface area contributed by atoms with Gasteiger partial charge in [0.2, 0.25) is 0 Å². The molecular weight excluding hydrogens is 170 g/mol. The Morgan fingerprint density at radius 2 is 2.00 bits per heavy atom. The van der Waals surface area contributed by atoms with Crippen LogP contribution in [0.25, 0.3) is 0 Å². The fourth-order valence-electron chi connectivity index (χ4n) is 1.22. The van der Waals surface area contributed by atoms with Crippen LogP contribution in [-0.2, 0) is 6.54 Å². The van der Waals surface area contributed by atoms with Crippen molar-refractivity contribution in [2.75, 3.05) is 0 Å². The van der Waals surface area contributed by atoms with Gasteiger partial charge < -0.3 is 5.32 Å². The Kier molecular flexibility index (Phi) is 2.33. The zero-order valence-corrected chi connectivity index (χ0v) is 7.59. The van der Waals surface area contributed by atoms with Crippen LogP contribution in [0.4, 0.5) is 0 Å². The van der Waals surface area contributed by atoms with Gasteiger partial charge in [0.1, 0.15) is 0 Å². The number of alkyl halides is 1. The highest BCUT2D eigenvalue weighted by atomic mass is 35.5. The Labute approximate surface area is 77.7 Å². The maximum absolute atomic E-state index is 5.86. The summed E-state index contributed by atoms with van der Waals surface area (Å²) in [6.45, 7) is 0.939. The van der Waals surface area contributed by atoms with Gasteiger partial charge in [-0.2, -0.15) is 0 Å². The Balaban J connectivity index is 1.80. The first-order valence-corrected chi connectivity index (χ1v) is 4.71. The summed E-state index contributed by atoms with van der Waals surface area (Å²) in [5.41, 5.74) is 1.33. The quantitative estimate of drug-likeness (QED) is 0.705. The normalized spacial score (nSPS) is 27.1. The van der Waals surface area contributed by atoms with Gasteiger partial charge in [0.25, 0.3) is 0 Å². The van der Waals surface area contributed by atoms with E-state index in [0.717, 1.165) is 13.0 Å². The van der Waals surface area contributed by atoms with Crippen molar-refractivity contribution >= 4 is 11.6 Å². The maximum atomic E-state index is 5.86. The summed E-state index contributed by atoms with van der Waals surface area (Å²) < 4.78 is 0. The molecule has 1 saturated carbocycles. The van der Waals surface area contributed by atoms with Gasteiger partial charge in [-0.15, -0.1) is 11.6 Å². The molecule has 64 valence electrons. The van der Waals surface area contributed by atoms with E-state index in [1.54, 1.807) is 0 Å². The highest BCUT2D eigenvalue weighted by molar-refractivity contribution is 6.23. The van der Waals surface area contributed by atoms with Crippen molar-refractivity contribution in [1.29, 1.82) is 0 Å². The van der Waals surface area contributed by atoms with Crippen molar-refractivity contribution in [3.63, 3.8) is 0 Å². The lowest BCUT2D eigenvalue weighted by Crippen LogP contribution is -2.17. The summed E-state index contributed by atoms with van der Waals surface area (Å²) >= 11 is 5.86. The van der Waals surface area contributed by atoms with Crippen molar-refractivity contribution in [2.24, 2.45) is 0 Å². The van der Waals surface area contributed by atoms with Gasteiger partial charge >= 0.3 is 0 Å². The van der Waals surface area contributed by atoms with E-state index in [-0.39, 0.29) is 0 Å². The Morgan fingerprint density at radius 3 is 2.58 bits per heavy atom. The number of halogens is 1. The maximum Gasteiger partial charge on any atom is 0.0505 e. The van der Waals surface area contributed by atoms with Gasteiger partial charge in [0, 0.05) is 12.6 Å². The molecule has 0 spiro atoms. The summed E-state index contributed by atoms with van der Waals surface area (Å²) in [4.78, 5) is 0. The van der Waals surface area contributed by atoms with Crippen LogP contribution in [0.2, 0.25) is 0 Å². The third kappa shape index (κ3) is 1.99. The largest absolute Gasteiger partial charge is 0.308 e. The molecule has 0 aromatic heterocycles. The van der Waals surface area contributed by atoms with E-state index < -0.39 is 0 Å². The molecule has 2 rings (SSSR count). The highest BCUT2D eigenvalue weighted by Gasteiger charge is 2.34. The first-order chi connectivity index (χ1) is 5.86. The summed E-state index contributed by atoms with van der Waals surface area (Å²) in [6, 6.07) is 10.9. The third-order valence-corrected chi connectivity index (χ3v) is 2.61. The van der Waals surface area contributed by atoms with Gasteiger partial charge in [0.05, 0.1) is 5.38 Å². The molecule has 1 nitrogen and oxygen atoms in total. The Morgan fingerprint density at radius 1 is 1.33 bits per heavy atom. The number of nitrogens with one attached hydrogen (secondary N) is 1. The fraction of sp³-hybridized carbons (Fsp3) is 0.400. The molecule has 1 fully saturated rings. The molecule has 2 atom stereocenters. The molecular formula is C10H12ClN. The molecule has 2 heteroatoms. The molecule has 0 amide bonds. The second-order valence-corrected chi connectivity index (χ2v) is 3.79. The van der Waals surface area contributed by atoms with Gasteiger partial charge in [-0.3, -0.25) is 0 Å². The average molecular weight is 182 g/mol. The lowest BCUT2D eigenvalue weighted by Gasteiger charge is -2.01. The van der Waals surface area contributed by atoms with E-state index in [1.165, 1.54) is 5.56 Å². The molecule has 1 aliphatic rings. The lowest BCUT2D eigenvalue weighted by molar-refractivity contribution is 0.689. The molecule has 1 aromatic carbocycles. The monoisotopic (exact) mass is 181 g/mol. The van der Waals surface area contributed by atoms with E-state index in [2.05, 4.69) is 29.6 Å². The fourth-order valence-corrected chi connectivity index (χ4v) is 1.50. The van der Waals surface area contributed by atoms with Crippen LogP contribution in [0.5, 0.6) is 0 Å². The molecule has 1 N–H and O–H groups in total. The van der Waals surface area contributed by atoms with Crippen LogP contribution in [0, 0.1) is 0 Å². The van der Waals surface area contributed by atoms with Gasteiger partial charge in [0.15, 0.2) is 0 Å². The second-order valence-electron chi connectivity index (χ2n) is 3.22. The molecule has 0 radical (unpaired) electrons. The van der Waals surface area contributed by atoms with E-state index in [0.29, 0.717) is 11.4 Å². The van der Waals surface area contributed by atoms with Crippen LogP contribution in [0.1, 0.15) is 12.0 Å². The van der Waals surface area contributed by atoms with Gasteiger partial charge in [-0.05, 0) is 12.0 Å². The summed E-state index contributed by atoms with van der Waals surface area (Å²) in [6.07, 6.45) is 1.12. The van der Waals surface area contributed by atoms with E-state index in [1.807, 2.05) is 6.07 Å². The van der Waals surface area contributed by atoms with Crippen LogP contribution < -0.4 is 5.32 Å². The summed E-state index contributed by atoms with van der Waals surface area (Å²) in [5, 5.41) is 3.76. The van der Waals surface area contributed by atoms with Crippen LogP contribution in [-0.4, -0.2) is 11.4 Å². The molecule has 2 unspecified atom stereocenters. The van der Waals surface area contributed by atoms with Gasteiger partial charge in [-0.25, -0.2) is 0 Å². The second kappa shape index (κ2) is 3.46. The molecule has 0 heterocycles. The zero-order valence-electron chi connectivity index (χ0n) is 6.83. The minimum atomic E-state index is 0.369. The number of hydrogen-bond acceptors (Lipinski definition) is 1. The predicted octanol–water partition coefficient (Wildman–Crippen LogP) is 2.16. The van der Waals surface area contributed by atoms with E-state index in [4.69, 9.17) is 11.6 Å². The van der Waals surface area contributed by atoms with E-state index >= 15 is 0 Å². The van der Waals surface area contributed by atoms with Crippen LogP contribution in [0.15, 0.2) is 30.3 Å². The SMILES string of the molecule is ClC1CC1NCc1ccccc1. The summed E-state index contributed by atoms with van der Waals surface area (Å²) in [5.74, 6) is 0. The minimum absolute atomic E-state index is 0.369. The molecule has 0 saturated heterocycles. The third-order valence-electron chi connectivity index (χ3n) is 2.12. The van der Waals surface area contributed by atoms with Crippen molar-refractivity contribution in [1.82, 2.24) is 5.32 Å². The number of hydrogen-bond donors (Lipinski definition) is 1. The van der Waals surface area contributed by atoms with E-state index in [9.17, 15) is 0 Å². The van der Waals surface area contributed by atoms with Crippen molar-refractivity contribution in [2.45, 2.75) is 24.4 Å². The predicted molar refractivity (Wildman–Crippen MR) is 51.3 cm³/mol. The Hall–Kier alpha value is -0.530. The highest BCUT2D eigenvalue weighted by Crippen LogP contribution is 2.27. The Bertz CT molecular complexity index is 247. The smallest absolute Gasteiger partial charge is 0.0505 e. The standard InChI is InChI=1S/C10H12ClN/c11-9-6-10(9)12-7-8-4-2-1-3-5-8/h1-5,9-10,12H,6-7H2. The minimum Gasteiger partial charge on any atom is -0.308 e. The number of rotatable bonds is 3. The molecule has 0 aliphatic heterocycles. The molecule has 1 aromatic rings. The van der Waals surface area contributed by atoms with Crippen molar-refractivity contribution in [3.05, 3.63) is 35.9 Å². The topological polar surface area (TPSA) is 12.0 Å². The van der Waals surface area contributed by atoms with Gasteiger partial charge in [-0.1, -0.05) is 30.3 Å². The van der Waals surface area contributed by atoms with Crippen molar-refractivity contribution < 1.29 is 0 Å². The first kappa shape index (κ1) is 8.09. The summed E-state index contributed by atoms with van der Waals surface area (Å²) in [7, 11) is 0. The first-order valence-electron chi connectivity index (χ1n) is 4.27. The lowest BCUT2D eigenvalue weighted by atomic mass is 10.2. The zero-order chi connectivity index (χ0) is 8.39. The van der Waals surface area contributed by atoms with Crippen LogP contribution in [0.3, 0.4) is 0 Å². The van der Waals surface area contributed by atoms with Crippen LogP contribution >= 0.6 is 11.6 Å². The average Bonchev–Trinajstić information content (AvgIpc) is 2.81.